The predicted octanol–water partition coefficient (Wildman–Crippen LogP) is 5.32. The Morgan fingerprint density at radius 1 is 1.06 bits per heavy atom. The standard InChI is InChI=1S/C23H25ClN4O3S/c1-13-11-14(2)28(27-13)16(4)23(31)26-19-7-6-17(12-18(19)24)25-22(30)10-8-20(29)21-9-5-15(3)32-21/h5-7,9,11-12,16H,8,10H2,1-4H3,(H,25,30)(H,26,31). The van der Waals surface area contributed by atoms with Gasteiger partial charge in [-0.25, -0.2) is 0 Å². The molecule has 7 nitrogen and oxygen atoms in total. The molecule has 1 unspecified atom stereocenters. The van der Waals surface area contributed by atoms with Gasteiger partial charge in [0.05, 0.1) is 21.3 Å². The van der Waals surface area contributed by atoms with Crippen LogP contribution in [0.3, 0.4) is 0 Å². The number of thiophene rings is 1. The van der Waals surface area contributed by atoms with Gasteiger partial charge in [-0.15, -0.1) is 11.3 Å². The molecule has 2 amide bonds. The maximum absolute atomic E-state index is 12.6. The number of halogens is 1. The van der Waals surface area contributed by atoms with Gasteiger partial charge in [0.15, 0.2) is 5.78 Å². The average Bonchev–Trinajstić information content (AvgIpc) is 3.32. The molecule has 3 aromatic rings. The van der Waals surface area contributed by atoms with Crippen LogP contribution in [0.4, 0.5) is 11.4 Å². The second-order valence-electron chi connectivity index (χ2n) is 7.61. The van der Waals surface area contributed by atoms with Crippen molar-refractivity contribution in [1.82, 2.24) is 9.78 Å². The second-order valence-corrected chi connectivity index (χ2v) is 9.31. The fraction of sp³-hybridized carbons (Fsp3) is 0.304. The molecule has 0 aliphatic carbocycles. The van der Waals surface area contributed by atoms with Gasteiger partial charge in [-0.2, -0.15) is 5.10 Å². The van der Waals surface area contributed by atoms with Crippen LogP contribution in [0.2, 0.25) is 5.02 Å². The number of hydrogen-bond acceptors (Lipinski definition) is 5. The number of rotatable bonds is 8. The molecule has 0 radical (unpaired) electrons. The number of benzene rings is 1. The highest BCUT2D eigenvalue weighted by atomic mass is 35.5. The summed E-state index contributed by atoms with van der Waals surface area (Å²) in [4.78, 5) is 38.7. The molecule has 2 N–H and O–H groups in total. The third-order valence-corrected chi connectivity index (χ3v) is 6.25. The summed E-state index contributed by atoms with van der Waals surface area (Å²) >= 11 is 7.74. The number of nitrogens with zero attached hydrogens (tertiary/aromatic N) is 2. The summed E-state index contributed by atoms with van der Waals surface area (Å²) in [5.74, 6) is -0.582. The number of amides is 2. The SMILES string of the molecule is Cc1cc(C)n(C(C)C(=O)Nc2ccc(NC(=O)CCC(=O)c3ccc(C)s3)cc2Cl)n1. The Bertz CT molecular complexity index is 1170. The lowest BCUT2D eigenvalue weighted by atomic mass is 10.2. The van der Waals surface area contributed by atoms with E-state index >= 15 is 0 Å². The molecule has 1 atom stereocenters. The molecule has 2 heterocycles. The quantitative estimate of drug-likeness (QED) is 0.433. The smallest absolute Gasteiger partial charge is 0.248 e. The number of Topliss-reactive ketones (excluding diaryl/α,β-unsaturated/α-hetero) is 1. The molecule has 0 saturated carbocycles. The Kier molecular flexibility index (Phi) is 7.48. The van der Waals surface area contributed by atoms with Crippen LogP contribution >= 0.6 is 22.9 Å². The number of carbonyl (C=O) groups is 3. The van der Waals surface area contributed by atoms with E-state index in [1.807, 2.05) is 32.9 Å². The highest BCUT2D eigenvalue weighted by molar-refractivity contribution is 7.14. The lowest BCUT2D eigenvalue weighted by molar-refractivity contribution is -0.119. The van der Waals surface area contributed by atoms with Gasteiger partial charge in [0, 0.05) is 29.1 Å². The van der Waals surface area contributed by atoms with Gasteiger partial charge in [-0.1, -0.05) is 11.6 Å². The van der Waals surface area contributed by atoms with Gasteiger partial charge in [-0.3, -0.25) is 19.1 Å². The van der Waals surface area contributed by atoms with E-state index in [0.29, 0.717) is 21.3 Å². The number of nitrogens with one attached hydrogen (secondary N) is 2. The Balaban J connectivity index is 1.56. The van der Waals surface area contributed by atoms with Crippen LogP contribution in [-0.2, 0) is 9.59 Å². The van der Waals surface area contributed by atoms with Crippen molar-refractivity contribution in [3.63, 3.8) is 0 Å². The first-order valence-electron chi connectivity index (χ1n) is 10.2. The van der Waals surface area contributed by atoms with Crippen LogP contribution in [0.5, 0.6) is 0 Å². The van der Waals surface area contributed by atoms with Crippen LogP contribution < -0.4 is 10.6 Å². The molecule has 0 saturated heterocycles. The molecule has 32 heavy (non-hydrogen) atoms. The van der Waals surface area contributed by atoms with E-state index in [0.717, 1.165) is 16.3 Å². The van der Waals surface area contributed by atoms with Crippen molar-refractivity contribution in [1.29, 1.82) is 0 Å². The predicted molar refractivity (Wildman–Crippen MR) is 128 cm³/mol. The van der Waals surface area contributed by atoms with Crippen LogP contribution in [0.25, 0.3) is 0 Å². The lowest BCUT2D eigenvalue weighted by Gasteiger charge is -2.16. The zero-order valence-electron chi connectivity index (χ0n) is 18.4. The van der Waals surface area contributed by atoms with E-state index in [2.05, 4.69) is 15.7 Å². The minimum Gasteiger partial charge on any atom is -0.326 e. The van der Waals surface area contributed by atoms with Crippen molar-refractivity contribution in [3.8, 4) is 0 Å². The van der Waals surface area contributed by atoms with Gasteiger partial charge < -0.3 is 10.6 Å². The first-order chi connectivity index (χ1) is 15.1. The summed E-state index contributed by atoms with van der Waals surface area (Å²) in [6.45, 7) is 7.46. The number of hydrogen-bond donors (Lipinski definition) is 2. The number of carbonyl (C=O) groups excluding carboxylic acids is 3. The third-order valence-electron chi connectivity index (χ3n) is 4.90. The maximum atomic E-state index is 12.6. The molecule has 0 fully saturated rings. The minimum atomic E-state index is -0.510. The molecule has 3 rings (SSSR count). The van der Waals surface area contributed by atoms with Gasteiger partial charge in [-0.05, 0) is 64.1 Å². The van der Waals surface area contributed by atoms with Gasteiger partial charge in [0.25, 0.3) is 0 Å². The number of aromatic nitrogens is 2. The fourth-order valence-electron chi connectivity index (χ4n) is 3.24. The summed E-state index contributed by atoms with van der Waals surface area (Å²) in [7, 11) is 0. The second kappa shape index (κ2) is 10.1. The Morgan fingerprint density at radius 3 is 2.41 bits per heavy atom. The van der Waals surface area contributed by atoms with E-state index in [1.165, 1.54) is 11.3 Å². The Morgan fingerprint density at radius 2 is 1.81 bits per heavy atom. The van der Waals surface area contributed by atoms with Crippen LogP contribution in [0, 0.1) is 20.8 Å². The van der Waals surface area contributed by atoms with Crippen molar-refractivity contribution in [2.24, 2.45) is 0 Å². The normalized spacial score (nSPS) is 11.8. The van der Waals surface area contributed by atoms with Crippen molar-refractivity contribution in [3.05, 3.63) is 62.6 Å². The zero-order chi connectivity index (χ0) is 23.4. The zero-order valence-corrected chi connectivity index (χ0v) is 19.9. The summed E-state index contributed by atoms with van der Waals surface area (Å²) in [6, 6.07) is 9.91. The van der Waals surface area contributed by atoms with Crippen molar-refractivity contribution in [2.75, 3.05) is 10.6 Å². The molecular formula is C23H25ClN4O3S. The molecule has 0 spiro atoms. The molecule has 0 aliphatic heterocycles. The summed E-state index contributed by atoms with van der Waals surface area (Å²) in [5, 5.41) is 10.2. The maximum Gasteiger partial charge on any atom is 0.248 e. The largest absolute Gasteiger partial charge is 0.326 e. The van der Waals surface area contributed by atoms with Gasteiger partial charge in [0.2, 0.25) is 11.8 Å². The summed E-state index contributed by atoms with van der Waals surface area (Å²) in [6.07, 6.45) is 0.212. The highest BCUT2D eigenvalue weighted by Crippen LogP contribution is 2.27. The van der Waals surface area contributed by atoms with Crippen molar-refractivity contribution >= 4 is 51.9 Å². The topological polar surface area (TPSA) is 93.1 Å². The molecule has 0 aliphatic rings. The summed E-state index contributed by atoms with van der Waals surface area (Å²) in [5.41, 5.74) is 2.66. The molecular weight excluding hydrogens is 448 g/mol. The van der Waals surface area contributed by atoms with Crippen LogP contribution in [0.1, 0.15) is 51.7 Å². The lowest BCUT2D eigenvalue weighted by Crippen LogP contribution is -2.25. The first kappa shape index (κ1) is 23.7. The number of aryl methyl sites for hydroxylation is 3. The van der Waals surface area contributed by atoms with E-state index in [4.69, 9.17) is 11.6 Å². The Hall–Kier alpha value is -2.97. The Labute approximate surface area is 195 Å². The monoisotopic (exact) mass is 472 g/mol. The molecule has 168 valence electrons. The number of ketones is 1. The highest BCUT2D eigenvalue weighted by Gasteiger charge is 2.19. The summed E-state index contributed by atoms with van der Waals surface area (Å²) < 4.78 is 1.66. The van der Waals surface area contributed by atoms with Gasteiger partial charge >= 0.3 is 0 Å². The van der Waals surface area contributed by atoms with E-state index < -0.39 is 6.04 Å². The van der Waals surface area contributed by atoms with E-state index in [1.54, 1.807) is 35.9 Å². The van der Waals surface area contributed by atoms with Gasteiger partial charge in [0.1, 0.15) is 6.04 Å². The fourth-order valence-corrected chi connectivity index (χ4v) is 4.30. The third kappa shape index (κ3) is 5.83. The van der Waals surface area contributed by atoms with Crippen LogP contribution in [0.15, 0.2) is 36.4 Å². The molecule has 2 aromatic heterocycles. The average molecular weight is 473 g/mol. The minimum absolute atomic E-state index is 0.0499. The number of anilines is 2. The van der Waals surface area contributed by atoms with E-state index in [-0.39, 0.29) is 30.4 Å². The first-order valence-corrected chi connectivity index (χ1v) is 11.4. The van der Waals surface area contributed by atoms with Crippen LogP contribution in [-0.4, -0.2) is 27.4 Å². The van der Waals surface area contributed by atoms with Crippen molar-refractivity contribution < 1.29 is 14.4 Å². The molecule has 9 heteroatoms. The molecule has 0 bridgehead atoms. The molecule has 1 aromatic carbocycles. The van der Waals surface area contributed by atoms with E-state index in [9.17, 15) is 14.4 Å². The van der Waals surface area contributed by atoms with Crippen molar-refractivity contribution in [2.45, 2.75) is 46.6 Å².